The minimum Gasteiger partial charge on any atom is -0.396 e. The molecule has 81 valence electrons. The Morgan fingerprint density at radius 3 is 2.80 bits per heavy atom. The van der Waals surface area contributed by atoms with Crippen LogP contribution in [0, 0.1) is 6.07 Å². The molecule has 15 heavy (non-hydrogen) atoms. The Labute approximate surface area is 92.1 Å². The van der Waals surface area contributed by atoms with Gasteiger partial charge in [-0.15, -0.1) is 0 Å². The molecule has 2 rings (SSSR count). The van der Waals surface area contributed by atoms with Crippen molar-refractivity contribution in [3.63, 3.8) is 0 Å². The monoisotopic (exact) mass is 203 g/mol. The molecular formula is C14H19O. The second-order valence-electron chi connectivity index (χ2n) is 4.42. The molecule has 0 atom stereocenters. The minimum absolute atomic E-state index is 0.248. The Kier molecular flexibility index (Phi) is 3.79. The second kappa shape index (κ2) is 5.32. The summed E-state index contributed by atoms with van der Waals surface area (Å²) < 4.78 is 0. The maximum atomic E-state index is 9.03. The third kappa shape index (κ3) is 2.60. The molecule has 1 aliphatic carbocycles. The Hall–Kier alpha value is -0.820. The highest BCUT2D eigenvalue weighted by molar-refractivity contribution is 5.29. The summed E-state index contributed by atoms with van der Waals surface area (Å²) in [6.07, 6.45) is 7.48. The average Bonchev–Trinajstić information content (AvgIpc) is 2.31. The first-order chi connectivity index (χ1) is 7.42. The second-order valence-corrected chi connectivity index (χ2v) is 4.42. The van der Waals surface area contributed by atoms with Crippen LogP contribution >= 0.6 is 0 Å². The Morgan fingerprint density at radius 2 is 2.07 bits per heavy atom. The number of hydrogen-bond acceptors (Lipinski definition) is 1. The van der Waals surface area contributed by atoms with Gasteiger partial charge in [-0.25, -0.2) is 0 Å². The van der Waals surface area contributed by atoms with Crippen LogP contribution in [-0.2, 0) is 6.42 Å². The quantitative estimate of drug-likeness (QED) is 0.800. The molecule has 1 N–H and O–H groups in total. The fourth-order valence-corrected chi connectivity index (χ4v) is 2.59. The lowest BCUT2D eigenvalue weighted by Crippen LogP contribution is -2.08. The van der Waals surface area contributed by atoms with E-state index in [0.717, 1.165) is 6.42 Å². The van der Waals surface area contributed by atoms with Crippen LogP contribution in [0.3, 0.4) is 0 Å². The normalized spacial score (nSPS) is 17.9. The number of aliphatic hydroxyl groups is 1. The molecule has 1 nitrogen and oxygen atoms in total. The number of aliphatic hydroxyl groups excluding tert-OH is 1. The molecule has 1 aromatic carbocycles. The van der Waals surface area contributed by atoms with Gasteiger partial charge in [-0.05, 0) is 42.4 Å². The van der Waals surface area contributed by atoms with Crippen molar-refractivity contribution in [1.82, 2.24) is 0 Å². The van der Waals surface area contributed by atoms with Crippen LogP contribution in [0.1, 0.15) is 49.1 Å². The van der Waals surface area contributed by atoms with Gasteiger partial charge in [0.05, 0.1) is 0 Å². The van der Waals surface area contributed by atoms with E-state index in [1.807, 2.05) is 12.1 Å². The number of rotatable bonds is 3. The smallest absolute Gasteiger partial charge is 0.0471 e. The standard InChI is InChI=1S/C14H19O/c15-11-10-13-8-4-5-9-14(13)12-6-2-1-3-7-12/h4-5,8,12,15H,1-3,6-7,10-11H2. The molecule has 1 aromatic rings. The van der Waals surface area contributed by atoms with E-state index in [4.69, 9.17) is 5.11 Å². The molecule has 1 fully saturated rings. The summed E-state index contributed by atoms with van der Waals surface area (Å²) in [7, 11) is 0. The molecule has 1 radical (unpaired) electrons. The zero-order chi connectivity index (χ0) is 10.5. The first-order valence-corrected chi connectivity index (χ1v) is 6.02. The fraction of sp³-hybridized carbons (Fsp3) is 0.571. The fourth-order valence-electron chi connectivity index (χ4n) is 2.59. The van der Waals surface area contributed by atoms with E-state index >= 15 is 0 Å². The number of hydrogen-bond donors (Lipinski definition) is 1. The van der Waals surface area contributed by atoms with Gasteiger partial charge in [-0.1, -0.05) is 37.5 Å². The summed E-state index contributed by atoms with van der Waals surface area (Å²) in [4.78, 5) is 0. The third-order valence-electron chi connectivity index (χ3n) is 3.37. The van der Waals surface area contributed by atoms with Crippen molar-refractivity contribution in [2.24, 2.45) is 0 Å². The summed E-state index contributed by atoms with van der Waals surface area (Å²) in [5.74, 6) is 0.696. The third-order valence-corrected chi connectivity index (χ3v) is 3.37. The van der Waals surface area contributed by atoms with Gasteiger partial charge in [0.15, 0.2) is 0 Å². The summed E-state index contributed by atoms with van der Waals surface area (Å²) in [6.45, 7) is 0.248. The Morgan fingerprint density at radius 1 is 1.27 bits per heavy atom. The van der Waals surface area contributed by atoms with E-state index in [1.54, 1.807) is 0 Å². The maximum Gasteiger partial charge on any atom is 0.0471 e. The van der Waals surface area contributed by atoms with Gasteiger partial charge in [0.2, 0.25) is 0 Å². The van der Waals surface area contributed by atoms with Gasteiger partial charge in [0, 0.05) is 6.61 Å². The topological polar surface area (TPSA) is 20.2 Å². The van der Waals surface area contributed by atoms with Gasteiger partial charge in [-0.3, -0.25) is 0 Å². The predicted octanol–water partition coefficient (Wildman–Crippen LogP) is 3.07. The number of benzene rings is 1. The van der Waals surface area contributed by atoms with E-state index in [2.05, 4.69) is 12.1 Å². The molecule has 0 saturated heterocycles. The SMILES string of the molecule is OCCc1ccc[c]c1C1CCCCC1. The first-order valence-electron chi connectivity index (χ1n) is 6.02. The van der Waals surface area contributed by atoms with Gasteiger partial charge >= 0.3 is 0 Å². The van der Waals surface area contributed by atoms with E-state index in [1.165, 1.54) is 43.2 Å². The zero-order valence-corrected chi connectivity index (χ0v) is 9.21. The maximum absolute atomic E-state index is 9.03. The van der Waals surface area contributed by atoms with Crippen LogP contribution < -0.4 is 0 Å². The highest BCUT2D eigenvalue weighted by Crippen LogP contribution is 2.34. The van der Waals surface area contributed by atoms with E-state index in [0.29, 0.717) is 5.92 Å². The van der Waals surface area contributed by atoms with Gasteiger partial charge in [0.1, 0.15) is 0 Å². The van der Waals surface area contributed by atoms with Crippen molar-refractivity contribution in [3.05, 3.63) is 35.4 Å². The van der Waals surface area contributed by atoms with Crippen LogP contribution in [0.25, 0.3) is 0 Å². The lowest BCUT2D eigenvalue weighted by Gasteiger charge is -2.23. The molecule has 1 saturated carbocycles. The van der Waals surface area contributed by atoms with Crippen molar-refractivity contribution in [3.8, 4) is 0 Å². The van der Waals surface area contributed by atoms with Crippen molar-refractivity contribution >= 4 is 0 Å². The van der Waals surface area contributed by atoms with Gasteiger partial charge in [-0.2, -0.15) is 0 Å². The molecule has 0 amide bonds. The van der Waals surface area contributed by atoms with Gasteiger partial charge < -0.3 is 5.11 Å². The summed E-state index contributed by atoms with van der Waals surface area (Å²) >= 11 is 0. The van der Waals surface area contributed by atoms with Crippen molar-refractivity contribution in [1.29, 1.82) is 0 Å². The lowest BCUT2D eigenvalue weighted by atomic mass is 9.81. The van der Waals surface area contributed by atoms with Gasteiger partial charge in [0.25, 0.3) is 0 Å². The largest absolute Gasteiger partial charge is 0.396 e. The van der Waals surface area contributed by atoms with E-state index in [-0.39, 0.29) is 6.61 Å². The molecule has 1 heteroatoms. The highest BCUT2D eigenvalue weighted by Gasteiger charge is 2.17. The summed E-state index contributed by atoms with van der Waals surface area (Å²) in [6, 6.07) is 9.55. The molecule has 0 spiro atoms. The van der Waals surface area contributed by atoms with Crippen LogP contribution in [0.2, 0.25) is 0 Å². The van der Waals surface area contributed by atoms with Crippen LogP contribution in [-0.4, -0.2) is 11.7 Å². The molecular weight excluding hydrogens is 184 g/mol. The molecule has 1 aliphatic rings. The average molecular weight is 203 g/mol. The molecule has 0 bridgehead atoms. The van der Waals surface area contributed by atoms with Crippen molar-refractivity contribution in [2.75, 3.05) is 6.61 Å². The highest BCUT2D eigenvalue weighted by atomic mass is 16.2. The molecule has 0 heterocycles. The van der Waals surface area contributed by atoms with Crippen molar-refractivity contribution in [2.45, 2.75) is 44.4 Å². The molecule has 0 unspecified atom stereocenters. The first kappa shape index (κ1) is 10.7. The minimum atomic E-state index is 0.248. The van der Waals surface area contributed by atoms with E-state index in [9.17, 15) is 0 Å². The van der Waals surface area contributed by atoms with Crippen LogP contribution in [0.4, 0.5) is 0 Å². The van der Waals surface area contributed by atoms with E-state index < -0.39 is 0 Å². The molecule has 0 aliphatic heterocycles. The summed E-state index contributed by atoms with van der Waals surface area (Å²) in [5, 5.41) is 9.03. The van der Waals surface area contributed by atoms with Crippen molar-refractivity contribution < 1.29 is 5.11 Å². The summed E-state index contributed by atoms with van der Waals surface area (Å²) in [5.41, 5.74) is 2.66. The Balaban J connectivity index is 2.17. The Bertz CT molecular complexity index is 300. The van der Waals surface area contributed by atoms with Crippen LogP contribution in [0.15, 0.2) is 18.2 Å². The molecule has 0 aromatic heterocycles. The van der Waals surface area contributed by atoms with Crippen LogP contribution in [0.5, 0.6) is 0 Å². The predicted molar refractivity (Wildman–Crippen MR) is 61.9 cm³/mol. The zero-order valence-electron chi connectivity index (χ0n) is 9.21. The lowest BCUT2D eigenvalue weighted by molar-refractivity contribution is 0.298.